The van der Waals surface area contributed by atoms with Gasteiger partial charge in [-0.3, -0.25) is 10.1 Å². The topological polar surface area (TPSA) is 64.6 Å². The molecule has 0 aromatic heterocycles. The maximum absolute atomic E-state index is 11.8. The van der Waals surface area contributed by atoms with E-state index in [9.17, 15) is 9.59 Å². The zero-order valence-electron chi connectivity index (χ0n) is 10.3. The zero-order valence-corrected chi connectivity index (χ0v) is 11.0. The van der Waals surface area contributed by atoms with Crippen molar-refractivity contribution < 1.29 is 19.1 Å². The van der Waals surface area contributed by atoms with Crippen molar-refractivity contribution in [2.75, 3.05) is 7.11 Å². The standard InChI is InChI=1S/C13H12ClNO4/c1-18-10-8(14)5-6-3-2-4-7(6)9(10)11-12(16)15-13(17)19-11/h5,11H,2-4H2,1H3,(H,15,16,17). The third-order valence-corrected chi connectivity index (χ3v) is 3.78. The summed E-state index contributed by atoms with van der Waals surface area (Å²) < 4.78 is 10.3. The molecule has 1 heterocycles. The Kier molecular flexibility index (Phi) is 2.86. The number of alkyl carbamates (subject to hydrolysis) is 1. The highest BCUT2D eigenvalue weighted by atomic mass is 35.5. The van der Waals surface area contributed by atoms with Gasteiger partial charge in [0.05, 0.1) is 12.1 Å². The lowest BCUT2D eigenvalue weighted by Gasteiger charge is -2.18. The summed E-state index contributed by atoms with van der Waals surface area (Å²) >= 11 is 6.18. The molecular formula is C13H12ClNO4. The number of halogens is 1. The summed E-state index contributed by atoms with van der Waals surface area (Å²) in [6.07, 6.45) is 1.04. The van der Waals surface area contributed by atoms with Crippen molar-refractivity contribution in [2.45, 2.75) is 25.4 Å². The first-order valence-electron chi connectivity index (χ1n) is 6.01. The van der Waals surface area contributed by atoms with Crippen LogP contribution >= 0.6 is 11.6 Å². The molecule has 1 fully saturated rings. The van der Waals surface area contributed by atoms with E-state index in [1.165, 1.54) is 7.11 Å². The lowest BCUT2D eigenvalue weighted by molar-refractivity contribution is -0.123. The normalized spacial score (nSPS) is 21.1. The predicted octanol–water partition coefficient (Wildman–Crippen LogP) is 2.14. The molecule has 100 valence electrons. The minimum atomic E-state index is -0.965. The monoisotopic (exact) mass is 281 g/mol. The average Bonchev–Trinajstić information content (AvgIpc) is 2.93. The number of aryl methyl sites for hydroxylation is 1. The van der Waals surface area contributed by atoms with Crippen LogP contribution in [0.2, 0.25) is 5.02 Å². The Morgan fingerprint density at radius 3 is 2.84 bits per heavy atom. The summed E-state index contributed by atoms with van der Waals surface area (Å²) in [7, 11) is 1.49. The first-order valence-corrected chi connectivity index (χ1v) is 6.39. The number of benzene rings is 1. The van der Waals surface area contributed by atoms with Gasteiger partial charge in [-0.15, -0.1) is 0 Å². The summed E-state index contributed by atoms with van der Waals surface area (Å²) in [6.45, 7) is 0. The number of cyclic esters (lactones) is 1. The van der Waals surface area contributed by atoms with E-state index in [0.29, 0.717) is 16.3 Å². The van der Waals surface area contributed by atoms with E-state index in [1.54, 1.807) is 0 Å². The van der Waals surface area contributed by atoms with Crippen LogP contribution in [0.1, 0.15) is 29.2 Å². The van der Waals surface area contributed by atoms with Gasteiger partial charge in [-0.05, 0) is 36.5 Å². The van der Waals surface area contributed by atoms with Crippen LogP contribution in [0.15, 0.2) is 6.07 Å². The number of ether oxygens (including phenoxy) is 2. The molecule has 2 aliphatic rings. The fourth-order valence-corrected chi connectivity index (χ4v) is 3.06. The lowest BCUT2D eigenvalue weighted by atomic mass is 9.97. The number of rotatable bonds is 2. The first kappa shape index (κ1) is 12.3. The maximum atomic E-state index is 11.8. The van der Waals surface area contributed by atoms with Gasteiger partial charge in [0.2, 0.25) is 6.10 Å². The van der Waals surface area contributed by atoms with Crippen LogP contribution in [0, 0.1) is 0 Å². The molecule has 1 saturated heterocycles. The number of nitrogens with one attached hydrogen (secondary N) is 1. The molecule has 1 aliphatic carbocycles. The van der Waals surface area contributed by atoms with Gasteiger partial charge in [0, 0.05) is 5.56 Å². The van der Waals surface area contributed by atoms with Crippen LogP contribution in [-0.4, -0.2) is 19.1 Å². The van der Waals surface area contributed by atoms with Gasteiger partial charge in [0.25, 0.3) is 5.91 Å². The van der Waals surface area contributed by atoms with Gasteiger partial charge in [-0.25, -0.2) is 4.79 Å². The molecule has 1 N–H and O–H groups in total. The fraction of sp³-hybridized carbons (Fsp3) is 0.385. The number of amides is 2. The molecule has 19 heavy (non-hydrogen) atoms. The third-order valence-electron chi connectivity index (χ3n) is 3.50. The zero-order chi connectivity index (χ0) is 13.6. The third kappa shape index (κ3) is 1.85. The minimum absolute atomic E-state index is 0.414. The predicted molar refractivity (Wildman–Crippen MR) is 67.4 cm³/mol. The van der Waals surface area contributed by atoms with Gasteiger partial charge in [0.1, 0.15) is 5.75 Å². The van der Waals surface area contributed by atoms with E-state index >= 15 is 0 Å². The Bertz CT molecular complexity index is 581. The van der Waals surface area contributed by atoms with E-state index in [-0.39, 0.29) is 0 Å². The second-order valence-corrected chi connectivity index (χ2v) is 4.98. The second kappa shape index (κ2) is 4.42. The molecule has 1 aromatic rings. The smallest absolute Gasteiger partial charge is 0.415 e. The van der Waals surface area contributed by atoms with Crippen LogP contribution in [0.25, 0.3) is 0 Å². The molecule has 5 nitrogen and oxygen atoms in total. The highest BCUT2D eigenvalue weighted by molar-refractivity contribution is 6.32. The minimum Gasteiger partial charge on any atom is -0.495 e. The van der Waals surface area contributed by atoms with Gasteiger partial charge in [0.15, 0.2) is 0 Å². The molecule has 1 aromatic carbocycles. The summed E-state index contributed by atoms with van der Waals surface area (Å²) in [6, 6.07) is 1.86. The number of fused-ring (bicyclic) bond motifs is 1. The average molecular weight is 282 g/mol. The number of hydrogen-bond donors (Lipinski definition) is 1. The Balaban J connectivity index is 2.19. The summed E-state index contributed by atoms with van der Waals surface area (Å²) in [5, 5.41) is 2.57. The number of carbonyl (C=O) groups excluding carboxylic acids is 2. The van der Waals surface area contributed by atoms with E-state index in [2.05, 4.69) is 5.32 Å². The Hall–Kier alpha value is -1.75. The lowest BCUT2D eigenvalue weighted by Crippen LogP contribution is -2.21. The van der Waals surface area contributed by atoms with Crippen LogP contribution < -0.4 is 10.1 Å². The van der Waals surface area contributed by atoms with E-state index < -0.39 is 18.1 Å². The molecular weight excluding hydrogens is 270 g/mol. The molecule has 1 aliphatic heterocycles. The van der Waals surface area contributed by atoms with Gasteiger partial charge < -0.3 is 9.47 Å². The Labute approximate surface area is 114 Å². The summed E-state index contributed by atoms with van der Waals surface area (Å²) in [5.41, 5.74) is 2.69. The number of imide groups is 1. The largest absolute Gasteiger partial charge is 0.495 e. The van der Waals surface area contributed by atoms with Crippen LogP contribution in [-0.2, 0) is 22.4 Å². The molecule has 1 unspecified atom stereocenters. The van der Waals surface area contributed by atoms with Crippen molar-refractivity contribution in [3.63, 3.8) is 0 Å². The second-order valence-electron chi connectivity index (χ2n) is 4.57. The highest BCUT2D eigenvalue weighted by Gasteiger charge is 2.39. The number of methoxy groups -OCH3 is 1. The Morgan fingerprint density at radius 2 is 2.21 bits per heavy atom. The number of carbonyl (C=O) groups is 2. The van der Waals surface area contributed by atoms with Crippen LogP contribution in [0.3, 0.4) is 0 Å². The van der Waals surface area contributed by atoms with Crippen LogP contribution in [0.4, 0.5) is 4.79 Å². The van der Waals surface area contributed by atoms with Crippen LogP contribution in [0.5, 0.6) is 5.75 Å². The molecule has 0 saturated carbocycles. The first-order chi connectivity index (χ1) is 9.11. The van der Waals surface area contributed by atoms with Gasteiger partial charge in [-0.2, -0.15) is 0 Å². The van der Waals surface area contributed by atoms with E-state index in [4.69, 9.17) is 21.1 Å². The Morgan fingerprint density at radius 1 is 1.42 bits per heavy atom. The van der Waals surface area contributed by atoms with Crippen molar-refractivity contribution in [3.05, 3.63) is 27.8 Å². The summed E-state index contributed by atoms with van der Waals surface area (Å²) in [4.78, 5) is 23.0. The van der Waals surface area contributed by atoms with Crippen molar-refractivity contribution >= 4 is 23.6 Å². The van der Waals surface area contributed by atoms with Crippen molar-refractivity contribution in [3.8, 4) is 5.75 Å². The van der Waals surface area contributed by atoms with E-state index in [0.717, 1.165) is 30.4 Å². The van der Waals surface area contributed by atoms with Crippen molar-refractivity contribution in [1.82, 2.24) is 5.32 Å². The van der Waals surface area contributed by atoms with Crippen molar-refractivity contribution in [2.24, 2.45) is 0 Å². The maximum Gasteiger partial charge on any atom is 0.415 e. The molecule has 3 rings (SSSR count). The highest BCUT2D eigenvalue weighted by Crippen LogP contribution is 2.43. The summed E-state index contributed by atoms with van der Waals surface area (Å²) in [5.74, 6) is -0.0585. The van der Waals surface area contributed by atoms with E-state index in [1.807, 2.05) is 6.07 Å². The molecule has 6 heteroatoms. The molecule has 0 spiro atoms. The molecule has 2 amide bonds. The SMILES string of the molecule is COc1c(Cl)cc2c(c1C1OC(=O)NC1=O)CCC2. The quantitative estimate of drug-likeness (QED) is 0.902. The van der Waals surface area contributed by atoms with Crippen molar-refractivity contribution in [1.29, 1.82) is 0 Å². The molecule has 1 atom stereocenters. The molecule has 0 radical (unpaired) electrons. The van der Waals surface area contributed by atoms with Gasteiger partial charge in [-0.1, -0.05) is 11.6 Å². The molecule has 0 bridgehead atoms. The number of hydrogen-bond acceptors (Lipinski definition) is 4. The fourth-order valence-electron chi connectivity index (χ4n) is 2.75. The van der Waals surface area contributed by atoms with Gasteiger partial charge >= 0.3 is 6.09 Å².